The molecule has 4 heteroatoms. The van der Waals surface area contributed by atoms with Crippen LogP contribution in [0.4, 0.5) is 0 Å². The van der Waals surface area contributed by atoms with Gasteiger partial charge >= 0.3 is 11.9 Å². The van der Waals surface area contributed by atoms with Gasteiger partial charge in [0.15, 0.2) is 0 Å². The topological polar surface area (TPSA) is 52.6 Å². The van der Waals surface area contributed by atoms with Gasteiger partial charge in [-0.2, -0.15) is 0 Å². The lowest BCUT2D eigenvalue weighted by molar-refractivity contribution is -0.138. The van der Waals surface area contributed by atoms with Gasteiger partial charge in [0.05, 0.1) is 6.26 Å². The molecule has 0 saturated carbocycles. The molecule has 0 amide bonds. The molecular formula is C11H16O4. The van der Waals surface area contributed by atoms with Gasteiger partial charge in [0.25, 0.3) is 0 Å². The van der Waals surface area contributed by atoms with Crippen LogP contribution < -0.4 is 0 Å². The van der Waals surface area contributed by atoms with E-state index in [2.05, 4.69) is 29.2 Å². The molecule has 0 saturated heterocycles. The van der Waals surface area contributed by atoms with E-state index >= 15 is 0 Å². The van der Waals surface area contributed by atoms with Crippen molar-refractivity contribution in [3.05, 3.63) is 37.6 Å². The van der Waals surface area contributed by atoms with Crippen molar-refractivity contribution in [2.45, 2.75) is 13.8 Å². The zero-order chi connectivity index (χ0) is 12.3. The zero-order valence-electron chi connectivity index (χ0n) is 9.12. The normalized spacial score (nSPS) is 7.60. The lowest BCUT2D eigenvalue weighted by atomic mass is 10.4. The molecular weight excluding hydrogens is 196 g/mol. The standard InChI is InChI=1S/C7H10O2.C4H6O2/c1-4-5-9-7(8)6(2)3;1-3-6-4(2)5/h4H,1-2,5H2,3H3;3H,1H2,2H3. The van der Waals surface area contributed by atoms with Crippen LogP contribution >= 0.6 is 0 Å². The van der Waals surface area contributed by atoms with Crippen molar-refractivity contribution in [2.75, 3.05) is 6.61 Å². The highest BCUT2D eigenvalue weighted by molar-refractivity contribution is 5.86. The average molecular weight is 212 g/mol. The lowest BCUT2D eigenvalue weighted by Crippen LogP contribution is -2.03. The summed E-state index contributed by atoms with van der Waals surface area (Å²) in [5.41, 5.74) is 0.414. The van der Waals surface area contributed by atoms with Crippen LogP contribution in [0.15, 0.2) is 37.6 Å². The van der Waals surface area contributed by atoms with Gasteiger partial charge in [-0.3, -0.25) is 4.79 Å². The molecule has 84 valence electrons. The number of hydrogen-bond acceptors (Lipinski definition) is 4. The summed E-state index contributed by atoms with van der Waals surface area (Å²) in [7, 11) is 0. The maximum atomic E-state index is 10.5. The largest absolute Gasteiger partial charge is 0.458 e. The van der Waals surface area contributed by atoms with Crippen LogP contribution in [-0.4, -0.2) is 18.5 Å². The molecule has 0 bridgehead atoms. The Bertz CT molecular complexity index is 253. The third kappa shape index (κ3) is 15.0. The fraction of sp³-hybridized carbons (Fsp3) is 0.273. The SMILES string of the molecule is C=CCOC(=O)C(=C)C.C=COC(C)=O. The molecule has 0 spiro atoms. The fourth-order valence-electron chi connectivity index (χ4n) is 0.375. The van der Waals surface area contributed by atoms with Crippen molar-refractivity contribution in [3.8, 4) is 0 Å². The third-order valence-electron chi connectivity index (χ3n) is 0.930. The Hall–Kier alpha value is -1.84. The molecule has 0 unspecified atom stereocenters. The monoisotopic (exact) mass is 212 g/mol. The summed E-state index contributed by atoms with van der Waals surface area (Å²) in [6.07, 6.45) is 2.61. The minimum atomic E-state index is -0.366. The highest BCUT2D eigenvalue weighted by Crippen LogP contribution is 1.90. The van der Waals surface area contributed by atoms with Crippen molar-refractivity contribution < 1.29 is 19.1 Å². The Labute approximate surface area is 89.9 Å². The van der Waals surface area contributed by atoms with Crippen molar-refractivity contribution in [2.24, 2.45) is 0 Å². The number of rotatable bonds is 4. The molecule has 0 aromatic heterocycles. The second-order valence-electron chi connectivity index (χ2n) is 2.44. The predicted octanol–water partition coefficient (Wildman–Crippen LogP) is 1.98. The highest BCUT2D eigenvalue weighted by Gasteiger charge is 1.98. The summed E-state index contributed by atoms with van der Waals surface area (Å²) in [5, 5.41) is 0. The Morgan fingerprint density at radius 1 is 1.27 bits per heavy atom. The molecule has 0 rings (SSSR count). The maximum absolute atomic E-state index is 10.5. The molecule has 0 radical (unpaired) electrons. The summed E-state index contributed by atoms with van der Waals surface area (Å²) in [6.45, 7) is 13.1. The van der Waals surface area contributed by atoms with Crippen LogP contribution in [0, 0.1) is 0 Å². The second-order valence-corrected chi connectivity index (χ2v) is 2.44. The van der Waals surface area contributed by atoms with Gasteiger partial charge in [-0.15, -0.1) is 0 Å². The molecule has 0 atom stereocenters. The first-order chi connectivity index (χ1) is 6.95. The predicted molar refractivity (Wildman–Crippen MR) is 57.9 cm³/mol. The number of carbonyl (C=O) groups excluding carboxylic acids is 2. The number of hydrogen-bond donors (Lipinski definition) is 0. The summed E-state index contributed by atoms with van der Waals surface area (Å²) in [5.74, 6) is -0.695. The van der Waals surface area contributed by atoms with E-state index in [4.69, 9.17) is 0 Å². The van der Waals surface area contributed by atoms with E-state index in [-0.39, 0.29) is 18.5 Å². The zero-order valence-corrected chi connectivity index (χ0v) is 9.12. The van der Waals surface area contributed by atoms with Crippen LogP contribution in [0.25, 0.3) is 0 Å². The minimum Gasteiger partial charge on any atom is -0.458 e. The van der Waals surface area contributed by atoms with Crippen LogP contribution in [-0.2, 0) is 19.1 Å². The van der Waals surface area contributed by atoms with Gasteiger partial charge in [0.1, 0.15) is 6.61 Å². The number of esters is 2. The van der Waals surface area contributed by atoms with Crippen molar-refractivity contribution in [3.63, 3.8) is 0 Å². The fourth-order valence-corrected chi connectivity index (χ4v) is 0.375. The Balaban J connectivity index is 0. The van der Waals surface area contributed by atoms with Crippen molar-refractivity contribution >= 4 is 11.9 Å². The van der Waals surface area contributed by atoms with Crippen LogP contribution in [0.3, 0.4) is 0 Å². The first-order valence-corrected chi connectivity index (χ1v) is 4.17. The van der Waals surface area contributed by atoms with E-state index in [1.807, 2.05) is 0 Å². The first kappa shape index (κ1) is 15.6. The average Bonchev–Trinajstić information content (AvgIpc) is 2.14. The van der Waals surface area contributed by atoms with Crippen LogP contribution in [0.2, 0.25) is 0 Å². The smallest absolute Gasteiger partial charge is 0.333 e. The number of carbonyl (C=O) groups is 2. The van der Waals surface area contributed by atoms with Gasteiger partial charge in [-0.25, -0.2) is 4.79 Å². The van der Waals surface area contributed by atoms with E-state index in [0.717, 1.165) is 6.26 Å². The molecule has 0 aromatic rings. The lowest BCUT2D eigenvalue weighted by Gasteiger charge is -1.97. The Morgan fingerprint density at radius 3 is 2.00 bits per heavy atom. The summed E-state index contributed by atoms with van der Waals surface area (Å²) < 4.78 is 8.76. The molecule has 0 fully saturated rings. The Kier molecular flexibility index (Phi) is 10.7. The first-order valence-electron chi connectivity index (χ1n) is 4.17. The molecule has 4 nitrogen and oxygen atoms in total. The van der Waals surface area contributed by atoms with Crippen LogP contribution in [0.1, 0.15) is 13.8 Å². The minimum absolute atomic E-state index is 0.256. The summed E-state index contributed by atoms with van der Waals surface area (Å²) in [4.78, 5) is 20.3. The summed E-state index contributed by atoms with van der Waals surface area (Å²) >= 11 is 0. The van der Waals surface area contributed by atoms with E-state index < -0.39 is 0 Å². The van der Waals surface area contributed by atoms with Gasteiger partial charge in [-0.1, -0.05) is 25.8 Å². The van der Waals surface area contributed by atoms with E-state index in [1.165, 1.54) is 13.0 Å². The van der Waals surface area contributed by atoms with Crippen molar-refractivity contribution in [1.82, 2.24) is 0 Å². The molecule has 0 aliphatic rings. The second kappa shape index (κ2) is 10.2. The number of ether oxygens (including phenoxy) is 2. The van der Waals surface area contributed by atoms with Gasteiger partial charge in [-0.05, 0) is 6.92 Å². The highest BCUT2D eigenvalue weighted by atomic mass is 16.5. The molecule has 0 aliphatic carbocycles. The quantitative estimate of drug-likeness (QED) is 0.309. The molecule has 0 heterocycles. The molecule has 0 aliphatic heterocycles. The van der Waals surface area contributed by atoms with Gasteiger partial charge in [0, 0.05) is 12.5 Å². The van der Waals surface area contributed by atoms with Gasteiger partial charge in [0.2, 0.25) is 0 Å². The summed E-state index contributed by atoms with van der Waals surface area (Å²) in [6, 6.07) is 0. The third-order valence-corrected chi connectivity index (χ3v) is 0.930. The molecule has 0 aromatic carbocycles. The van der Waals surface area contributed by atoms with E-state index in [0.29, 0.717) is 5.57 Å². The van der Waals surface area contributed by atoms with Crippen LogP contribution in [0.5, 0.6) is 0 Å². The van der Waals surface area contributed by atoms with E-state index in [1.54, 1.807) is 6.92 Å². The van der Waals surface area contributed by atoms with Gasteiger partial charge < -0.3 is 9.47 Å². The maximum Gasteiger partial charge on any atom is 0.333 e. The Morgan fingerprint density at radius 2 is 1.80 bits per heavy atom. The van der Waals surface area contributed by atoms with Crippen molar-refractivity contribution in [1.29, 1.82) is 0 Å². The van der Waals surface area contributed by atoms with E-state index in [9.17, 15) is 9.59 Å². The molecule has 0 N–H and O–H groups in total. The molecule has 15 heavy (non-hydrogen) atoms.